The first-order chi connectivity index (χ1) is 10.8. The summed E-state index contributed by atoms with van der Waals surface area (Å²) in [6, 6.07) is 8.05. The third-order valence-electron chi connectivity index (χ3n) is 3.53. The summed E-state index contributed by atoms with van der Waals surface area (Å²) in [5, 5.41) is 2.56. The first-order valence-corrected chi connectivity index (χ1v) is 7.08. The molecule has 1 aromatic heterocycles. The molecule has 2 aromatic rings. The van der Waals surface area contributed by atoms with Crippen LogP contribution in [0.2, 0.25) is 0 Å². The molecule has 1 aromatic carbocycles. The van der Waals surface area contributed by atoms with Crippen LogP contribution in [0, 0.1) is 0 Å². The third-order valence-corrected chi connectivity index (χ3v) is 3.53. The van der Waals surface area contributed by atoms with Crippen molar-refractivity contribution in [3.63, 3.8) is 0 Å². The molecule has 0 unspecified atom stereocenters. The number of rotatable bonds is 5. The van der Waals surface area contributed by atoms with Gasteiger partial charge in [0.1, 0.15) is 0 Å². The summed E-state index contributed by atoms with van der Waals surface area (Å²) >= 11 is 0. The van der Waals surface area contributed by atoms with Crippen molar-refractivity contribution in [3.05, 3.63) is 59.5 Å². The average Bonchev–Trinajstić information content (AvgIpc) is 3.00. The summed E-state index contributed by atoms with van der Waals surface area (Å²) in [6.07, 6.45) is -3.05. The SMILES string of the molecule is C[NH+](C)[C@@H](CNC(=O)c1ccccc1C(F)(F)F)c1ccco1. The van der Waals surface area contributed by atoms with E-state index in [4.69, 9.17) is 4.42 Å². The molecule has 0 aliphatic carbocycles. The molecule has 1 atom stereocenters. The Labute approximate surface area is 131 Å². The highest BCUT2D eigenvalue weighted by Crippen LogP contribution is 2.31. The van der Waals surface area contributed by atoms with Crippen molar-refractivity contribution in [2.24, 2.45) is 0 Å². The molecule has 2 rings (SSSR count). The van der Waals surface area contributed by atoms with Gasteiger partial charge < -0.3 is 14.6 Å². The van der Waals surface area contributed by atoms with E-state index in [0.717, 1.165) is 11.0 Å². The largest absolute Gasteiger partial charge is 0.463 e. The average molecular weight is 327 g/mol. The van der Waals surface area contributed by atoms with Crippen LogP contribution in [0.5, 0.6) is 0 Å². The van der Waals surface area contributed by atoms with E-state index in [2.05, 4.69) is 5.32 Å². The minimum absolute atomic E-state index is 0.168. The zero-order valence-corrected chi connectivity index (χ0v) is 12.8. The number of alkyl halides is 3. The van der Waals surface area contributed by atoms with Crippen LogP contribution in [0.1, 0.15) is 27.7 Å². The number of hydrogen-bond donors (Lipinski definition) is 2. The van der Waals surface area contributed by atoms with Crippen molar-refractivity contribution in [2.75, 3.05) is 20.6 Å². The van der Waals surface area contributed by atoms with Crippen molar-refractivity contribution in [1.82, 2.24) is 5.32 Å². The van der Waals surface area contributed by atoms with Gasteiger partial charge in [-0.3, -0.25) is 4.79 Å². The van der Waals surface area contributed by atoms with Crippen LogP contribution < -0.4 is 10.2 Å². The van der Waals surface area contributed by atoms with E-state index < -0.39 is 17.6 Å². The van der Waals surface area contributed by atoms with Crippen molar-refractivity contribution in [3.8, 4) is 0 Å². The van der Waals surface area contributed by atoms with E-state index in [0.29, 0.717) is 5.76 Å². The van der Waals surface area contributed by atoms with E-state index in [1.807, 2.05) is 14.1 Å². The number of nitrogens with one attached hydrogen (secondary N) is 2. The van der Waals surface area contributed by atoms with E-state index in [1.54, 1.807) is 12.1 Å². The zero-order valence-electron chi connectivity index (χ0n) is 12.8. The Morgan fingerprint density at radius 1 is 1.22 bits per heavy atom. The fourth-order valence-electron chi connectivity index (χ4n) is 2.30. The molecule has 1 heterocycles. The van der Waals surface area contributed by atoms with Gasteiger partial charge in [-0.15, -0.1) is 0 Å². The Morgan fingerprint density at radius 3 is 2.48 bits per heavy atom. The molecule has 0 saturated heterocycles. The second-order valence-electron chi connectivity index (χ2n) is 5.40. The Kier molecular flexibility index (Phi) is 5.10. The van der Waals surface area contributed by atoms with Crippen LogP contribution in [0.15, 0.2) is 47.1 Å². The van der Waals surface area contributed by atoms with E-state index in [9.17, 15) is 18.0 Å². The molecule has 0 saturated carbocycles. The van der Waals surface area contributed by atoms with Crippen molar-refractivity contribution >= 4 is 5.91 Å². The van der Waals surface area contributed by atoms with Crippen molar-refractivity contribution in [2.45, 2.75) is 12.2 Å². The normalized spacial score (nSPS) is 13.1. The van der Waals surface area contributed by atoms with E-state index in [1.165, 1.54) is 24.5 Å². The van der Waals surface area contributed by atoms with Gasteiger partial charge in [0, 0.05) is 0 Å². The molecule has 4 nitrogen and oxygen atoms in total. The molecule has 0 aliphatic heterocycles. The number of hydrogen-bond acceptors (Lipinski definition) is 2. The van der Waals surface area contributed by atoms with Gasteiger partial charge in [0.05, 0.1) is 38.0 Å². The standard InChI is InChI=1S/C16H17F3N2O2/c1-21(2)13(14-8-5-9-23-14)10-20-15(22)11-6-3-4-7-12(11)16(17,18)19/h3-9,13H,10H2,1-2H3,(H,20,22)/p+1/t13-/m0/s1. The molecular weight excluding hydrogens is 309 g/mol. The lowest BCUT2D eigenvalue weighted by Crippen LogP contribution is -3.07. The van der Waals surface area contributed by atoms with Crippen LogP contribution in [0.4, 0.5) is 13.2 Å². The van der Waals surface area contributed by atoms with Crippen LogP contribution in [0.3, 0.4) is 0 Å². The van der Waals surface area contributed by atoms with Crippen molar-refractivity contribution in [1.29, 1.82) is 0 Å². The Bertz CT molecular complexity index is 652. The topological polar surface area (TPSA) is 46.7 Å². The summed E-state index contributed by atoms with van der Waals surface area (Å²) in [5.41, 5.74) is -1.32. The fraction of sp³-hybridized carbons (Fsp3) is 0.312. The lowest BCUT2D eigenvalue weighted by Gasteiger charge is -2.20. The van der Waals surface area contributed by atoms with Crippen LogP contribution in [-0.4, -0.2) is 26.5 Å². The van der Waals surface area contributed by atoms with Gasteiger partial charge in [-0.25, -0.2) is 0 Å². The third kappa shape index (κ3) is 4.13. The lowest BCUT2D eigenvalue weighted by atomic mass is 10.1. The minimum atomic E-state index is -4.57. The van der Waals surface area contributed by atoms with Gasteiger partial charge in [0.15, 0.2) is 11.8 Å². The summed E-state index contributed by atoms with van der Waals surface area (Å²) in [6.45, 7) is 0.168. The second kappa shape index (κ2) is 6.87. The van der Waals surface area contributed by atoms with E-state index in [-0.39, 0.29) is 18.2 Å². The maximum Gasteiger partial charge on any atom is 0.417 e. The van der Waals surface area contributed by atoms with Gasteiger partial charge in [-0.05, 0) is 24.3 Å². The molecule has 0 spiro atoms. The highest BCUT2D eigenvalue weighted by atomic mass is 19.4. The Morgan fingerprint density at radius 2 is 1.91 bits per heavy atom. The van der Waals surface area contributed by atoms with E-state index >= 15 is 0 Å². The molecule has 1 amide bonds. The number of benzene rings is 1. The lowest BCUT2D eigenvalue weighted by molar-refractivity contribution is -0.891. The van der Waals surface area contributed by atoms with Crippen LogP contribution in [-0.2, 0) is 6.18 Å². The maximum absolute atomic E-state index is 13.0. The first kappa shape index (κ1) is 17.1. The monoisotopic (exact) mass is 327 g/mol. The molecule has 0 radical (unpaired) electrons. The zero-order chi connectivity index (χ0) is 17.0. The number of carbonyl (C=O) groups excluding carboxylic acids is 1. The highest BCUT2D eigenvalue weighted by molar-refractivity contribution is 5.95. The number of furan rings is 1. The Hall–Kier alpha value is -2.28. The molecule has 124 valence electrons. The maximum atomic E-state index is 13.0. The predicted octanol–water partition coefficient (Wildman–Crippen LogP) is 1.91. The molecular formula is C16H18F3N2O2+. The number of carbonyl (C=O) groups is 1. The number of halogens is 3. The van der Waals surface area contributed by atoms with Gasteiger partial charge in [0.25, 0.3) is 5.91 Å². The van der Waals surface area contributed by atoms with Gasteiger partial charge in [0.2, 0.25) is 0 Å². The molecule has 7 heteroatoms. The summed E-state index contributed by atoms with van der Waals surface area (Å²) in [4.78, 5) is 13.1. The predicted molar refractivity (Wildman–Crippen MR) is 78.0 cm³/mol. The van der Waals surface area contributed by atoms with Crippen molar-refractivity contribution < 1.29 is 27.3 Å². The highest BCUT2D eigenvalue weighted by Gasteiger charge is 2.35. The number of amides is 1. The quantitative estimate of drug-likeness (QED) is 0.881. The van der Waals surface area contributed by atoms with Crippen LogP contribution >= 0.6 is 0 Å². The summed E-state index contributed by atoms with van der Waals surface area (Å²) in [7, 11) is 3.76. The molecule has 23 heavy (non-hydrogen) atoms. The number of likely N-dealkylation sites (N-methyl/N-ethyl adjacent to an activating group) is 1. The Balaban J connectivity index is 2.14. The summed E-state index contributed by atoms with van der Waals surface area (Å²) < 4.78 is 44.2. The van der Waals surface area contributed by atoms with Crippen LogP contribution in [0.25, 0.3) is 0 Å². The minimum Gasteiger partial charge on any atom is -0.463 e. The van der Waals surface area contributed by atoms with Gasteiger partial charge in [-0.2, -0.15) is 13.2 Å². The summed E-state index contributed by atoms with van der Waals surface area (Å²) in [5.74, 6) is -0.0925. The molecule has 0 aliphatic rings. The molecule has 0 bridgehead atoms. The smallest absolute Gasteiger partial charge is 0.417 e. The number of quaternary nitrogens is 1. The van der Waals surface area contributed by atoms with Gasteiger partial charge in [-0.1, -0.05) is 12.1 Å². The molecule has 2 N–H and O–H groups in total. The van der Waals surface area contributed by atoms with Gasteiger partial charge >= 0.3 is 6.18 Å². The molecule has 0 fully saturated rings. The first-order valence-electron chi connectivity index (χ1n) is 7.08. The second-order valence-corrected chi connectivity index (χ2v) is 5.40. The fourth-order valence-corrected chi connectivity index (χ4v) is 2.30.